The Kier molecular flexibility index (Phi) is 3.65. The lowest BCUT2D eigenvalue weighted by Crippen LogP contribution is -2.21. The minimum atomic E-state index is -0.606. The summed E-state index contributed by atoms with van der Waals surface area (Å²) >= 11 is 0. The molecule has 0 spiro atoms. The van der Waals surface area contributed by atoms with Crippen LogP contribution in [-0.4, -0.2) is 25.0 Å². The molecular weight excluding hydrogens is 284 g/mol. The average Bonchev–Trinajstić information content (AvgIpc) is 2.54. The highest BCUT2D eigenvalue weighted by molar-refractivity contribution is 6.10. The zero-order chi connectivity index (χ0) is 15.5. The Labute approximate surface area is 126 Å². The summed E-state index contributed by atoms with van der Waals surface area (Å²) in [5.41, 5.74) is 6.25. The second kappa shape index (κ2) is 5.77. The van der Waals surface area contributed by atoms with Crippen LogP contribution in [0.15, 0.2) is 42.5 Å². The van der Waals surface area contributed by atoms with Gasteiger partial charge in [-0.3, -0.25) is 9.59 Å². The standard InChI is InChI=1S/C16H14N2O4/c17-15(19)10-4-1-2-6-12(10)18-16(20)11-5-3-7-13-14(11)22-9-8-21-13/h1-7H,8-9H2,(H2,17,19)(H,18,20). The number of hydrogen-bond acceptors (Lipinski definition) is 4. The highest BCUT2D eigenvalue weighted by Crippen LogP contribution is 2.34. The third-order valence-electron chi connectivity index (χ3n) is 3.25. The first kappa shape index (κ1) is 13.9. The molecule has 0 aromatic heterocycles. The van der Waals surface area contributed by atoms with Crippen molar-refractivity contribution in [3.05, 3.63) is 53.6 Å². The molecule has 0 saturated carbocycles. The van der Waals surface area contributed by atoms with E-state index in [9.17, 15) is 9.59 Å². The van der Waals surface area contributed by atoms with Gasteiger partial charge < -0.3 is 20.5 Å². The zero-order valence-corrected chi connectivity index (χ0v) is 11.7. The summed E-state index contributed by atoms with van der Waals surface area (Å²) in [4.78, 5) is 23.9. The van der Waals surface area contributed by atoms with Gasteiger partial charge in [0.1, 0.15) is 13.2 Å². The molecule has 0 bridgehead atoms. The zero-order valence-electron chi connectivity index (χ0n) is 11.7. The maximum absolute atomic E-state index is 12.5. The molecule has 0 aliphatic carbocycles. The highest BCUT2D eigenvalue weighted by atomic mass is 16.6. The van der Waals surface area contributed by atoms with Crippen LogP contribution in [0.2, 0.25) is 0 Å². The van der Waals surface area contributed by atoms with Crippen molar-refractivity contribution in [3.63, 3.8) is 0 Å². The molecular formula is C16H14N2O4. The second-order valence-corrected chi connectivity index (χ2v) is 4.69. The number of nitrogens with two attached hydrogens (primary N) is 1. The minimum absolute atomic E-state index is 0.248. The van der Waals surface area contributed by atoms with Crippen LogP contribution in [0, 0.1) is 0 Å². The van der Waals surface area contributed by atoms with E-state index in [0.29, 0.717) is 36.0 Å². The summed E-state index contributed by atoms with van der Waals surface area (Å²) in [6.45, 7) is 0.831. The van der Waals surface area contributed by atoms with Crippen LogP contribution in [0.4, 0.5) is 5.69 Å². The largest absolute Gasteiger partial charge is 0.486 e. The summed E-state index contributed by atoms with van der Waals surface area (Å²) in [6.07, 6.45) is 0. The number of fused-ring (bicyclic) bond motifs is 1. The van der Waals surface area contributed by atoms with Gasteiger partial charge in [-0.05, 0) is 24.3 Å². The Morgan fingerprint density at radius 1 is 0.955 bits per heavy atom. The smallest absolute Gasteiger partial charge is 0.259 e. The number of anilines is 1. The van der Waals surface area contributed by atoms with Crippen molar-refractivity contribution < 1.29 is 19.1 Å². The summed E-state index contributed by atoms with van der Waals surface area (Å²) in [5.74, 6) is -0.0634. The molecule has 3 N–H and O–H groups in total. The van der Waals surface area contributed by atoms with Gasteiger partial charge in [0.25, 0.3) is 11.8 Å². The Morgan fingerprint density at radius 2 is 1.68 bits per heavy atom. The number of ether oxygens (including phenoxy) is 2. The lowest BCUT2D eigenvalue weighted by Gasteiger charge is -2.20. The van der Waals surface area contributed by atoms with Crippen molar-refractivity contribution in [2.45, 2.75) is 0 Å². The Bertz CT molecular complexity index is 743. The number of primary amides is 1. The van der Waals surface area contributed by atoms with Gasteiger partial charge in [-0.2, -0.15) is 0 Å². The van der Waals surface area contributed by atoms with Gasteiger partial charge in [-0.15, -0.1) is 0 Å². The molecule has 112 valence electrons. The maximum Gasteiger partial charge on any atom is 0.259 e. The molecule has 1 aliphatic rings. The summed E-state index contributed by atoms with van der Waals surface area (Å²) in [5, 5.41) is 2.68. The third-order valence-corrected chi connectivity index (χ3v) is 3.25. The number of hydrogen-bond donors (Lipinski definition) is 2. The molecule has 22 heavy (non-hydrogen) atoms. The van der Waals surface area contributed by atoms with Gasteiger partial charge in [0.15, 0.2) is 11.5 Å². The number of nitrogens with one attached hydrogen (secondary N) is 1. The van der Waals surface area contributed by atoms with Crippen molar-refractivity contribution in [1.82, 2.24) is 0 Å². The van der Waals surface area contributed by atoms with E-state index < -0.39 is 11.8 Å². The molecule has 1 heterocycles. The van der Waals surface area contributed by atoms with Crippen LogP contribution >= 0.6 is 0 Å². The Hall–Kier alpha value is -3.02. The quantitative estimate of drug-likeness (QED) is 0.904. The number of carbonyl (C=O) groups is 2. The van der Waals surface area contributed by atoms with Crippen molar-refractivity contribution in [3.8, 4) is 11.5 Å². The van der Waals surface area contributed by atoms with Gasteiger partial charge in [0, 0.05) is 0 Å². The normalized spacial score (nSPS) is 12.5. The molecule has 3 rings (SSSR count). The van der Waals surface area contributed by atoms with Crippen LogP contribution in [0.1, 0.15) is 20.7 Å². The monoisotopic (exact) mass is 298 g/mol. The molecule has 2 aromatic carbocycles. The van der Waals surface area contributed by atoms with E-state index in [2.05, 4.69) is 5.32 Å². The number of amides is 2. The molecule has 0 unspecified atom stereocenters. The third kappa shape index (κ3) is 2.58. The van der Waals surface area contributed by atoms with E-state index in [0.717, 1.165) is 0 Å². The summed E-state index contributed by atoms with van der Waals surface area (Å²) in [7, 11) is 0. The Balaban J connectivity index is 1.92. The van der Waals surface area contributed by atoms with E-state index in [1.54, 1.807) is 42.5 Å². The molecule has 0 radical (unpaired) electrons. The van der Waals surface area contributed by atoms with E-state index in [1.807, 2.05) is 0 Å². The first-order valence-electron chi connectivity index (χ1n) is 6.75. The van der Waals surface area contributed by atoms with Gasteiger partial charge in [-0.25, -0.2) is 0 Å². The fraction of sp³-hybridized carbons (Fsp3) is 0.125. The maximum atomic E-state index is 12.5. The summed E-state index contributed by atoms with van der Waals surface area (Å²) in [6, 6.07) is 11.6. The Morgan fingerprint density at radius 3 is 2.50 bits per heavy atom. The first-order valence-corrected chi connectivity index (χ1v) is 6.75. The molecule has 1 aliphatic heterocycles. The van der Waals surface area contributed by atoms with E-state index in [4.69, 9.17) is 15.2 Å². The predicted octanol–water partition coefficient (Wildman–Crippen LogP) is 1.81. The minimum Gasteiger partial charge on any atom is -0.486 e. The topological polar surface area (TPSA) is 90.7 Å². The van der Waals surface area contributed by atoms with Crippen molar-refractivity contribution in [1.29, 1.82) is 0 Å². The highest BCUT2D eigenvalue weighted by Gasteiger charge is 2.21. The lowest BCUT2D eigenvalue weighted by atomic mass is 10.1. The van der Waals surface area contributed by atoms with Gasteiger partial charge in [0.05, 0.1) is 16.8 Å². The molecule has 6 nitrogen and oxygen atoms in total. The van der Waals surface area contributed by atoms with Gasteiger partial charge >= 0.3 is 0 Å². The molecule has 0 fully saturated rings. The number of rotatable bonds is 3. The first-order chi connectivity index (χ1) is 10.7. The molecule has 6 heteroatoms. The molecule has 0 atom stereocenters. The fourth-order valence-electron chi connectivity index (χ4n) is 2.25. The van der Waals surface area contributed by atoms with E-state index >= 15 is 0 Å². The number of para-hydroxylation sites is 2. The predicted molar refractivity (Wildman–Crippen MR) is 80.3 cm³/mol. The molecule has 0 saturated heterocycles. The van der Waals surface area contributed by atoms with Crippen LogP contribution < -0.4 is 20.5 Å². The van der Waals surface area contributed by atoms with Crippen LogP contribution in [0.25, 0.3) is 0 Å². The number of benzene rings is 2. The molecule has 2 aromatic rings. The fourth-order valence-corrected chi connectivity index (χ4v) is 2.25. The van der Waals surface area contributed by atoms with Crippen molar-refractivity contribution in [2.24, 2.45) is 5.73 Å². The SMILES string of the molecule is NC(=O)c1ccccc1NC(=O)c1cccc2c1OCCO2. The molecule has 2 amide bonds. The van der Waals surface area contributed by atoms with Crippen LogP contribution in [0.3, 0.4) is 0 Å². The van der Waals surface area contributed by atoms with Gasteiger partial charge in [0.2, 0.25) is 0 Å². The summed E-state index contributed by atoms with van der Waals surface area (Å²) < 4.78 is 11.0. The van der Waals surface area contributed by atoms with E-state index in [1.165, 1.54) is 0 Å². The lowest BCUT2D eigenvalue weighted by molar-refractivity contribution is 0.100. The van der Waals surface area contributed by atoms with Crippen molar-refractivity contribution >= 4 is 17.5 Å². The van der Waals surface area contributed by atoms with Crippen LogP contribution in [-0.2, 0) is 0 Å². The average molecular weight is 298 g/mol. The van der Waals surface area contributed by atoms with Gasteiger partial charge in [-0.1, -0.05) is 18.2 Å². The van der Waals surface area contributed by atoms with E-state index in [-0.39, 0.29) is 5.56 Å². The number of carbonyl (C=O) groups excluding carboxylic acids is 2. The van der Waals surface area contributed by atoms with Crippen LogP contribution in [0.5, 0.6) is 11.5 Å². The second-order valence-electron chi connectivity index (χ2n) is 4.69. The van der Waals surface area contributed by atoms with Crippen molar-refractivity contribution in [2.75, 3.05) is 18.5 Å².